The molecule has 1 aliphatic heterocycles. The Labute approximate surface area is 159 Å². The molecule has 144 valence electrons. The number of benzene rings is 1. The molecule has 1 aromatic heterocycles. The van der Waals surface area contributed by atoms with Gasteiger partial charge in [0.2, 0.25) is 0 Å². The number of aliphatic hydroxyl groups excluding tert-OH is 1. The first-order valence-corrected chi connectivity index (χ1v) is 9.40. The van der Waals surface area contributed by atoms with E-state index in [-0.39, 0.29) is 5.91 Å². The van der Waals surface area contributed by atoms with Gasteiger partial charge in [-0.2, -0.15) is 0 Å². The number of aliphatic hydroxyl groups is 1. The van der Waals surface area contributed by atoms with Gasteiger partial charge in [0.25, 0.3) is 5.91 Å². The van der Waals surface area contributed by atoms with Crippen molar-refractivity contribution < 1.29 is 9.90 Å². The van der Waals surface area contributed by atoms with Crippen molar-refractivity contribution in [3.63, 3.8) is 0 Å². The van der Waals surface area contributed by atoms with Crippen molar-refractivity contribution >= 4 is 11.7 Å². The molecule has 2 heterocycles. The van der Waals surface area contributed by atoms with Gasteiger partial charge in [-0.05, 0) is 49.5 Å². The van der Waals surface area contributed by atoms with Gasteiger partial charge in [0, 0.05) is 20.1 Å². The van der Waals surface area contributed by atoms with E-state index in [2.05, 4.69) is 25.7 Å². The van der Waals surface area contributed by atoms with E-state index in [1.54, 1.807) is 19.2 Å². The second kappa shape index (κ2) is 9.43. The third-order valence-corrected chi connectivity index (χ3v) is 5.02. The van der Waals surface area contributed by atoms with Gasteiger partial charge in [-0.15, -0.1) is 10.2 Å². The van der Waals surface area contributed by atoms with Crippen molar-refractivity contribution in [1.29, 1.82) is 0 Å². The number of β-amino-alcohol motifs (C(OH)–C–C–N with tert-alkyl or cyclic N) is 1. The summed E-state index contributed by atoms with van der Waals surface area (Å²) in [4.78, 5) is 13.8. The summed E-state index contributed by atoms with van der Waals surface area (Å²) in [5.74, 6) is 1.01. The second-order valence-electron chi connectivity index (χ2n) is 6.93. The van der Waals surface area contributed by atoms with E-state index in [0.29, 0.717) is 24.0 Å². The molecule has 1 saturated heterocycles. The number of anilines is 1. The van der Waals surface area contributed by atoms with Gasteiger partial charge in [0.15, 0.2) is 5.69 Å². The van der Waals surface area contributed by atoms with Gasteiger partial charge in [-0.3, -0.25) is 4.79 Å². The quantitative estimate of drug-likeness (QED) is 0.688. The van der Waals surface area contributed by atoms with Gasteiger partial charge in [0.05, 0.1) is 6.10 Å². The summed E-state index contributed by atoms with van der Waals surface area (Å²) in [5, 5.41) is 24.2. The maximum atomic E-state index is 11.5. The minimum absolute atomic E-state index is 0.237. The summed E-state index contributed by atoms with van der Waals surface area (Å²) in [6.45, 7) is 3.48. The topological polar surface area (TPSA) is 90.4 Å². The van der Waals surface area contributed by atoms with Gasteiger partial charge in [-0.1, -0.05) is 30.3 Å². The first kappa shape index (κ1) is 19.3. The lowest BCUT2D eigenvalue weighted by Crippen LogP contribution is -2.38. The summed E-state index contributed by atoms with van der Waals surface area (Å²) < 4.78 is 0. The van der Waals surface area contributed by atoms with Gasteiger partial charge < -0.3 is 20.6 Å². The molecule has 1 aromatic carbocycles. The molecule has 1 amide bonds. The third kappa shape index (κ3) is 5.48. The minimum Gasteiger partial charge on any atom is -0.387 e. The SMILES string of the molecule is CNC(=O)c1ccc(NCC2CCN(CC(O)c3ccccc3)CC2)nn1. The molecular weight excluding hydrogens is 342 g/mol. The number of hydrogen-bond donors (Lipinski definition) is 3. The fraction of sp³-hybridized carbons (Fsp3) is 0.450. The molecule has 1 aliphatic rings. The highest BCUT2D eigenvalue weighted by molar-refractivity contribution is 5.91. The van der Waals surface area contributed by atoms with Crippen LogP contribution in [-0.2, 0) is 0 Å². The van der Waals surface area contributed by atoms with Crippen molar-refractivity contribution in [2.75, 3.05) is 38.5 Å². The number of hydrogen-bond acceptors (Lipinski definition) is 6. The van der Waals surface area contributed by atoms with Crippen LogP contribution < -0.4 is 10.6 Å². The number of nitrogens with zero attached hydrogens (tertiary/aromatic N) is 3. The molecule has 0 radical (unpaired) electrons. The van der Waals surface area contributed by atoms with Gasteiger partial charge in [0.1, 0.15) is 5.82 Å². The highest BCUT2D eigenvalue weighted by Crippen LogP contribution is 2.21. The van der Waals surface area contributed by atoms with Crippen LogP contribution in [0.2, 0.25) is 0 Å². The normalized spacial score (nSPS) is 16.7. The maximum Gasteiger partial charge on any atom is 0.271 e. The van der Waals surface area contributed by atoms with Gasteiger partial charge in [-0.25, -0.2) is 0 Å². The monoisotopic (exact) mass is 369 g/mol. The van der Waals surface area contributed by atoms with Crippen LogP contribution in [0.4, 0.5) is 5.82 Å². The summed E-state index contributed by atoms with van der Waals surface area (Å²) in [6, 6.07) is 13.3. The van der Waals surface area contributed by atoms with Crippen molar-refractivity contribution in [3.8, 4) is 0 Å². The standard InChI is InChI=1S/C20H27N5O2/c1-21-20(27)17-7-8-19(24-23-17)22-13-15-9-11-25(12-10-15)14-18(26)16-5-3-2-4-6-16/h2-8,15,18,26H,9-14H2,1H3,(H,21,27)(H,22,24). The number of carbonyl (C=O) groups is 1. The molecule has 27 heavy (non-hydrogen) atoms. The largest absolute Gasteiger partial charge is 0.387 e. The zero-order valence-corrected chi connectivity index (χ0v) is 15.6. The van der Waals surface area contributed by atoms with Crippen LogP contribution in [0, 0.1) is 5.92 Å². The minimum atomic E-state index is -0.435. The predicted octanol–water partition coefficient (Wildman–Crippen LogP) is 1.69. The van der Waals surface area contributed by atoms with Crippen molar-refractivity contribution in [1.82, 2.24) is 20.4 Å². The molecule has 1 unspecified atom stereocenters. The number of likely N-dealkylation sites (tertiary alicyclic amines) is 1. The highest BCUT2D eigenvalue weighted by Gasteiger charge is 2.21. The number of carbonyl (C=O) groups excluding carboxylic acids is 1. The molecule has 0 aliphatic carbocycles. The van der Waals surface area contributed by atoms with Gasteiger partial charge >= 0.3 is 0 Å². The Morgan fingerprint density at radius 3 is 2.56 bits per heavy atom. The highest BCUT2D eigenvalue weighted by atomic mass is 16.3. The van der Waals surface area contributed by atoms with Crippen LogP contribution in [0.1, 0.15) is 35.0 Å². The first-order valence-electron chi connectivity index (χ1n) is 9.40. The van der Waals surface area contributed by atoms with Crippen LogP contribution in [-0.4, -0.2) is 59.3 Å². The lowest BCUT2D eigenvalue weighted by Gasteiger charge is -2.33. The Morgan fingerprint density at radius 1 is 1.19 bits per heavy atom. The number of rotatable bonds is 7. The van der Waals surface area contributed by atoms with E-state index in [1.165, 1.54) is 0 Å². The van der Waals surface area contributed by atoms with E-state index in [9.17, 15) is 9.90 Å². The number of amides is 1. The summed E-state index contributed by atoms with van der Waals surface area (Å²) in [5.41, 5.74) is 1.29. The summed E-state index contributed by atoms with van der Waals surface area (Å²) in [7, 11) is 1.57. The zero-order chi connectivity index (χ0) is 19.1. The van der Waals surface area contributed by atoms with E-state index < -0.39 is 6.10 Å². The lowest BCUT2D eigenvalue weighted by molar-refractivity contribution is 0.0909. The molecule has 0 saturated carbocycles. The van der Waals surface area contributed by atoms with Crippen molar-refractivity contribution in [3.05, 3.63) is 53.7 Å². The molecule has 1 fully saturated rings. The Hall–Kier alpha value is -2.51. The van der Waals surface area contributed by atoms with Crippen LogP contribution in [0.15, 0.2) is 42.5 Å². The Balaban J connectivity index is 1.40. The van der Waals surface area contributed by atoms with Crippen LogP contribution in [0.5, 0.6) is 0 Å². The Bertz CT molecular complexity index is 715. The van der Waals surface area contributed by atoms with E-state index in [1.807, 2.05) is 30.3 Å². The fourth-order valence-electron chi connectivity index (χ4n) is 3.32. The predicted molar refractivity (Wildman–Crippen MR) is 104 cm³/mol. The summed E-state index contributed by atoms with van der Waals surface area (Å²) in [6.07, 6.45) is 1.73. The van der Waals surface area contributed by atoms with Crippen LogP contribution >= 0.6 is 0 Å². The maximum absolute atomic E-state index is 11.5. The average Bonchev–Trinajstić information content (AvgIpc) is 2.73. The second-order valence-corrected chi connectivity index (χ2v) is 6.93. The molecule has 7 heteroatoms. The van der Waals surface area contributed by atoms with Crippen molar-refractivity contribution in [2.24, 2.45) is 5.92 Å². The zero-order valence-electron chi connectivity index (χ0n) is 15.6. The molecule has 2 aromatic rings. The molecule has 0 spiro atoms. The molecule has 3 rings (SSSR count). The molecule has 0 bridgehead atoms. The first-order chi connectivity index (χ1) is 13.2. The smallest absolute Gasteiger partial charge is 0.271 e. The van der Waals surface area contributed by atoms with E-state index >= 15 is 0 Å². The van der Waals surface area contributed by atoms with E-state index in [0.717, 1.165) is 38.0 Å². The average molecular weight is 369 g/mol. The molecular formula is C20H27N5O2. The number of nitrogens with one attached hydrogen (secondary N) is 2. The Kier molecular flexibility index (Phi) is 6.73. The van der Waals surface area contributed by atoms with Crippen LogP contribution in [0.3, 0.4) is 0 Å². The van der Waals surface area contributed by atoms with Crippen molar-refractivity contribution in [2.45, 2.75) is 18.9 Å². The van der Waals surface area contributed by atoms with E-state index in [4.69, 9.17) is 0 Å². The number of aromatic nitrogens is 2. The summed E-state index contributed by atoms with van der Waals surface area (Å²) >= 11 is 0. The fourth-order valence-corrected chi connectivity index (χ4v) is 3.32. The Morgan fingerprint density at radius 2 is 1.93 bits per heavy atom. The lowest BCUT2D eigenvalue weighted by atomic mass is 9.96. The molecule has 1 atom stereocenters. The molecule has 7 nitrogen and oxygen atoms in total. The number of piperidine rings is 1. The van der Waals surface area contributed by atoms with Crippen LogP contribution in [0.25, 0.3) is 0 Å². The molecule has 3 N–H and O–H groups in total. The third-order valence-electron chi connectivity index (χ3n) is 5.02.